The van der Waals surface area contributed by atoms with Crippen molar-refractivity contribution in [3.8, 4) is 11.1 Å². The van der Waals surface area contributed by atoms with Crippen molar-refractivity contribution in [3.63, 3.8) is 0 Å². The van der Waals surface area contributed by atoms with Gasteiger partial charge in [0, 0.05) is 10.8 Å². The number of hydrogen-bond donors (Lipinski definition) is 0. The first-order valence-electron chi connectivity index (χ1n) is 17.2. The van der Waals surface area contributed by atoms with Crippen molar-refractivity contribution in [1.29, 1.82) is 0 Å². The Morgan fingerprint density at radius 3 is 1.39 bits per heavy atom. The smallest absolute Gasteiger partial charge is 0.135 e. The Morgan fingerprint density at radius 1 is 0.367 bits per heavy atom. The molecule has 9 aromatic rings. The van der Waals surface area contributed by atoms with Crippen LogP contribution in [0.4, 0.5) is 0 Å². The average Bonchev–Trinajstić information content (AvgIpc) is 3.87. The Hall–Kier alpha value is -5.92. The summed E-state index contributed by atoms with van der Waals surface area (Å²) in [5, 5.41) is 7.99. The fourth-order valence-electron chi connectivity index (χ4n) is 7.33. The predicted octanol–water partition coefficient (Wildman–Crippen LogP) is 12.9. The molecule has 0 atom stereocenters. The zero-order valence-electron chi connectivity index (χ0n) is 27.8. The maximum atomic E-state index is 5.65. The molecule has 1 nitrogen and oxygen atoms in total. The summed E-state index contributed by atoms with van der Waals surface area (Å²) in [5.74, 6) is 0. The van der Waals surface area contributed by atoms with E-state index < -0.39 is 0 Å². The molecular formula is C48H38O. The number of rotatable bonds is 0. The summed E-state index contributed by atoms with van der Waals surface area (Å²) in [7, 11) is 0. The third-order valence-corrected chi connectivity index (χ3v) is 9.74. The highest BCUT2D eigenvalue weighted by Crippen LogP contribution is 2.36. The standard InChI is InChI=1S/C13H10.C12H8O.C12H10.C11H10/c1-3-7-12-10(5-1)9-11-6-2-4-8-13(11)12;1-3-7-11-9(5-1)10-6-2-4-8-12(10)13-11;1-3-9-4-2-6-11-8-7-10(5-1)12(9)11;1-9-5-4-7-10-6-2-3-8-11(9)10/h1-8H,9H2;1-8H;1-6H,7-8H2;2-8H,1H3. The summed E-state index contributed by atoms with van der Waals surface area (Å²) in [6, 6.07) is 61.6. The molecule has 0 amide bonds. The van der Waals surface area contributed by atoms with E-state index in [2.05, 4.69) is 146 Å². The molecule has 11 rings (SSSR count). The van der Waals surface area contributed by atoms with Crippen molar-refractivity contribution < 1.29 is 4.42 Å². The highest BCUT2D eigenvalue weighted by Gasteiger charge is 2.16. The molecule has 49 heavy (non-hydrogen) atoms. The van der Waals surface area contributed by atoms with Gasteiger partial charge >= 0.3 is 0 Å². The van der Waals surface area contributed by atoms with Crippen molar-refractivity contribution in [2.45, 2.75) is 26.2 Å². The first-order chi connectivity index (χ1) is 24.2. The van der Waals surface area contributed by atoms with Crippen LogP contribution in [0.15, 0.2) is 180 Å². The highest BCUT2D eigenvalue weighted by molar-refractivity contribution is 6.04. The molecule has 1 heterocycles. The van der Waals surface area contributed by atoms with Gasteiger partial charge in [0.15, 0.2) is 0 Å². The largest absolute Gasteiger partial charge is 0.456 e. The summed E-state index contributed by atoms with van der Waals surface area (Å²) in [5.41, 5.74) is 12.1. The zero-order valence-corrected chi connectivity index (χ0v) is 27.8. The topological polar surface area (TPSA) is 13.1 Å². The van der Waals surface area contributed by atoms with E-state index in [0.717, 1.165) is 17.6 Å². The van der Waals surface area contributed by atoms with Crippen LogP contribution in [0.3, 0.4) is 0 Å². The molecule has 1 heteroatoms. The van der Waals surface area contributed by atoms with E-state index in [-0.39, 0.29) is 0 Å². The summed E-state index contributed by atoms with van der Waals surface area (Å²) >= 11 is 0. The van der Waals surface area contributed by atoms with Gasteiger partial charge in [0.1, 0.15) is 11.2 Å². The van der Waals surface area contributed by atoms with Gasteiger partial charge in [-0.05, 0) is 98.8 Å². The molecule has 0 spiro atoms. The third kappa shape index (κ3) is 6.24. The minimum Gasteiger partial charge on any atom is -0.456 e. The van der Waals surface area contributed by atoms with Crippen molar-refractivity contribution >= 4 is 43.5 Å². The van der Waals surface area contributed by atoms with E-state index in [9.17, 15) is 0 Å². The Kier molecular flexibility index (Phi) is 8.48. The van der Waals surface area contributed by atoms with Gasteiger partial charge < -0.3 is 4.42 Å². The van der Waals surface area contributed by atoms with Gasteiger partial charge in [-0.25, -0.2) is 0 Å². The van der Waals surface area contributed by atoms with Crippen molar-refractivity contribution in [2.24, 2.45) is 0 Å². The van der Waals surface area contributed by atoms with Crippen LogP contribution in [0.1, 0.15) is 27.8 Å². The normalized spacial score (nSPS) is 11.9. The van der Waals surface area contributed by atoms with Gasteiger partial charge in [-0.15, -0.1) is 0 Å². The summed E-state index contributed by atoms with van der Waals surface area (Å²) in [6.45, 7) is 2.14. The van der Waals surface area contributed by atoms with Gasteiger partial charge in [0.2, 0.25) is 0 Å². The van der Waals surface area contributed by atoms with Crippen LogP contribution in [-0.2, 0) is 19.3 Å². The van der Waals surface area contributed by atoms with E-state index in [4.69, 9.17) is 4.42 Å². The molecule has 0 N–H and O–H groups in total. The molecule has 8 aromatic carbocycles. The minimum absolute atomic E-state index is 0.962. The van der Waals surface area contributed by atoms with Crippen LogP contribution < -0.4 is 0 Å². The monoisotopic (exact) mass is 630 g/mol. The van der Waals surface area contributed by atoms with Crippen molar-refractivity contribution in [2.75, 3.05) is 0 Å². The number of aryl methyl sites for hydroxylation is 3. The van der Waals surface area contributed by atoms with E-state index >= 15 is 0 Å². The molecule has 2 aliphatic carbocycles. The first kappa shape index (κ1) is 30.4. The maximum Gasteiger partial charge on any atom is 0.135 e. The second kappa shape index (κ2) is 13.7. The molecular weight excluding hydrogens is 593 g/mol. The van der Waals surface area contributed by atoms with Crippen molar-refractivity contribution in [1.82, 2.24) is 0 Å². The van der Waals surface area contributed by atoms with E-state index in [1.165, 1.54) is 84.1 Å². The number of benzene rings is 8. The molecule has 2 aliphatic rings. The number of hydrogen-bond acceptors (Lipinski definition) is 1. The molecule has 0 saturated carbocycles. The van der Waals surface area contributed by atoms with Crippen LogP contribution in [0.5, 0.6) is 0 Å². The molecule has 1 aromatic heterocycles. The number of fused-ring (bicyclic) bond motifs is 7. The SMILES string of the molecule is Cc1cccc2ccccc12.c1cc2c3c(cccc3c1)CC2.c1ccc2c(c1)Cc1ccccc1-2.c1ccc2c(c1)oc1ccccc12. The summed E-state index contributed by atoms with van der Waals surface area (Å²) in [6.07, 6.45) is 3.57. The quantitative estimate of drug-likeness (QED) is 0.162. The highest BCUT2D eigenvalue weighted by atomic mass is 16.3. The molecule has 0 fully saturated rings. The molecule has 0 unspecified atom stereocenters. The van der Waals surface area contributed by atoms with E-state index in [1.807, 2.05) is 36.4 Å². The molecule has 0 aliphatic heterocycles. The van der Waals surface area contributed by atoms with Crippen molar-refractivity contribution in [3.05, 3.63) is 204 Å². The lowest BCUT2D eigenvalue weighted by molar-refractivity contribution is 0.669. The minimum atomic E-state index is 0.962. The molecule has 0 saturated heterocycles. The lowest BCUT2D eigenvalue weighted by Gasteiger charge is -1.99. The van der Waals surface area contributed by atoms with Gasteiger partial charge in [0.05, 0.1) is 0 Å². The average molecular weight is 631 g/mol. The maximum absolute atomic E-state index is 5.65. The fraction of sp³-hybridized carbons (Fsp3) is 0.0833. The van der Waals surface area contributed by atoms with Gasteiger partial charge in [-0.1, -0.05) is 164 Å². The second-order valence-electron chi connectivity index (χ2n) is 12.8. The second-order valence-corrected chi connectivity index (χ2v) is 12.8. The van der Waals surface area contributed by atoms with Gasteiger partial charge in [-0.2, -0.15) is 0 Å². The number of para-hydroxylation sites is 2. The van der Waals surface area contributed by atoms with Crippen LogP contribution in [0.2, 0.25) is 0 Å². The predicted molar refractivity (Wildman–Crippen MR) is 208 cm³/mol. The Balaban J connectivity index is 0.0000000950. The zero-order chi connectivity index (χ0) is 33.0. The summed E-state index contributed by atoms with van der Waals surface area (Å²) < 4.78 is 5.65. The first-order valence-corrected chi connectivity index (χ1v) is 17.2. The molecule has 236 valence electrons. The van der Waals surface area contributed by atoms with Gasteiger partial charge in [-0.3, -0.25) is 0 Å². The number of furan rings is 1. The Labute approximate surface area is 288 Å². The Morgan fingerprint density at radius 2 is 0.796 bits per heavy atom. The molecule has 0 bridgehead atoms. The lowest BCUT2D eigenvalue weighted by atomic mass is 10.1. The Bertz CT molecular complexity index is 2410. The summed E-state index contributed by atoms with van der Waals surface area (Å²) in [4.78, 5) is 0. The third-order valence-electron chi connectivity index (χ3n) is 9.74. The lowest BCUT2D eigenvalue weighted by Crippen LogP contribution is -1.77. The van der Waals surface area contributed by atoms with E-state index in [1.54, 1.807) is 0 Å². The van der Waals surface area contributed by atoms with Crippen LogP contribution in [-0.4, -0.2) is 0 Å². The van der Waals surface area contributed by atoms with Gasteiger partial charge in [0.25, 0.3) is 0 Å². The van der Waals surface area contributed by atoms with Crippen LogP contribution in [0, 0.1) is 6.92 Å². The van der Waals surface area contributed by atoms with Crippen LogP contribution >= 0.6 is 0 Å². The molecule has 0 radical (unpaired) electrons. The fourth-order valence-corrected chi connectivity index (χ4v) is 7.33. The van der Waals surface area contributed by atoms with E-state index in [0.29, 0.717) is 0 Å². The van der Waals surface area contributed by atoms with Crippen LogP contribution in [0.25, 0.3) is 54.6 Å².